The molecule has 3 aromatic carbocycles. The van der Waals surface area contributed by atoms with Crippen LogP contribution in [0, 0.1) is 0 Å². The van der Waals surface area contributed by atoms with E-state index in [1.165, 1.54) is 6.92 Å². The molecule has 1 aliphatic rings. The molecule has 8 heteroatoms. The van der Waals surface area contributed by atoms with Gasteiger partial charge in [-0.15, -0.1) is 0 Å². The van der Waals surface area contributed by atoms with Crippen LogP contribution >= 0.6 is 0 Å². The lowest BCUT2D eigenvalue weighted by Gasteiger charge is -2.18. The highest BCUT2D eigenvalue weighted by Crippen LogP contribution is 2.46. The lowest BCUT2D eigenvalue weighted by molar-refractivity contribution is -0.141. The van der Waals surface area contributed by atoms with E-state index >= 15 is 0 Å². The quantitative estimate of drug-likeness (QED) is 0.523. The van der Waals surface area contributed by atoms with Gasteiger partial charge in [-0.1, -0.05) is 36.4 Å². The van der Waals surface area contributed by atoms with Crippen LogP contribution in [0.3, 0.4) is 0 Å². The Hall–Kier alpha value is -4.07. The van der Waals surface area contributed by atoms with Crippen molar-refractivity contribution in [1.82, 2.24) is 5.32 Å². The number of anilines is 1. The Kier molecular flexibility index (Phi) is 6.40. The van der Waals surface area contributed by atoms with Crippen molar-refractivity contribution in [2.24, 2.45) is 0 Å². The zero-order chi connectivity index (χ0) is 24.4. The molecule has 2 amide bonds. The van der Waals surface area contributed by atoms with E-state index in [0.29, 0.717) is 48.1 Å². The third-order valence-electron chi connectivity index (χ3n) is 5.70. The first-order chi connectivity index (χ1) is 16.4. The summed E-state index contributed by atoms with van der Waals surface area (Å²) in [7, 11) is 0. The Bertz CT molecular complexity index is 1270. The fourth-order valence-corrected chi connectivity index (χ4v) is 4.32. The van der Waals surface area contributed by atoms with Crippen molar-refractivity contribution in [2.75, 3.05) is 18.1 Å². The SMILES string of the molecule is CCOc1c2c(c(OCC)c3ccccc13)C(=O)N(c1ccc(C(NC(C)=O)C(=O)O)cc1)C2. The van der Waals surface area contributed by atoms with E-state index in [9.17, 15) is 19.5 Å². The normalized spacial score (nSPS) is 13.5. The molecule has 8 nitrogen and oxygen atoms in total. The standard InChI is InChI=1S/C26H26N2O6/c1-4-33-23-18-8-6-7-9-19(18)24(34-5-2)21-20(23)14-28(25(21)30)17-12-10-16(11-13-17)22(26(31)32)27-15(3)29/h6-13,22H,4-5,14H2,1-3H3,(H,27,29)(H,31,32). The van der Waals surface area contributed by atoms with E-state index in [0.717, 1.165) is 16.3 Å². The highest BCUT2D eigenvalue weighted by molar-refractivity contribution is 6.16. The topological polar surface area (TPSA) is 105 Å². The number of nitrogens with zero attached hydrogens (tertiary/aromatic N) is 1. The van der Waals surface area contributed by atoms with Crippen LogP contribution in [0.15, 0.2) is 48.5 Å². The second kappa shape index (κ2) is 9.43. The van der Waals surface area contributed by atoms with Gasteiger partial charge in [-0.25, -0.2) is 4.79 Å². The summed E-state index contributed by atoms with van der Waals surface area (Å²) in [4.78, 5) is 38.2. The van der Waals surface area contributed by atoms with Crippen molar-refractivity contribution < 1.29 is 29.0 Å². The molecule has 0 saturated carbocycles. The molecule has 1 atom stereocenters. The molecule has 0 saturated heterocycles. The van der Waals surface area contributed by atoms with Crippen molar-refractivity contribution in [1.29, 1.82) is 0 Å². The minimum absolute atomic E-state index is 0.213. The number of carboxylic acids is 1. The van der Waals surface area contributed by atoms with Gasteiger partial charge in [0.2, 0.25) is 5.91 Å². The smallest absolute Gasteiger partial charge is 0.330 e. The van der Waals surface area contributed by atoms with Gasteiger partial charge >= 0.3 is 5.97 Å². The minimum Gasteiger partial charge on any atom is -0.493 e. The van der Waals surface area contributed by atoms with Crippen molar-refractivity contribution in [3.8, 4) is 11.5 Å². The van der Waals surface area contributed by atoms with Gasteiger partial charge in [0, 0.05) is 28.9 Å². The molecule has 0 aliphatic carbocycles. The number of aliphatic carboxylic acids is 1. The molecule has 4 rings (SSSR count). The van der Waals surface area contributed by atoms with E-state index < -0.39 is 17.9 Å². The average molecular weight is 463 g/mol. The number of rotatable bonds is 8. The first-order valence-electron chi connectivity index (χ1n) is 11.1. The first-order valence-corrected chi connectivity index (χ1v) is 11.1. The molecule has 176 valence electrons. The van der Waals surface area contributed by atoms with Crippen LogP contribution < -0.4 is 19.7 Å². The largest absolute Gasteiger partial charge is 0.493 e. The lowest BCUT2D eigenvalue weighted by Crippen LogP contribution is -2.32. The Morgan fingerprint density at radius 3 is 2.15 bits per heavy atom. The second-order valence-electron chi connectivity index (χ2n) is 7.88. The summed E-state index contributed by atoms with van der Waals surface area (Å²) in [6.07, 6.45) is 0. The highest BCUT2D eigenvalue weighted by atomic mass is 16.5. The summed E-state index contributed by atoms with van der Waals surface area (Å²) in [5.41, 5.74) is 2.26. The van der Waals surface area contributed by atoms with Gasteiger partial charge in [-0.2, -0.15) is 0 Å². The van der Waals surface area contributed by atoms with E-state index in [1.807, 2.05) is 38.1 Å². The first kappa shape index (κ1) is 23.1. The maximum absolute atomic E-state index is 13.6. The molecule has 1 aliphatic heterocycles. The number of nitrogens with one attached hydrogen (secondary N) is 1. The van der Waals surface area contributed by atoms with Gasteiger partial charge in [-0.3, -0.25) is 9.59 Å². The Labute approximate surface area is 197 Å². The highest BCUT2D eigenvalue weighted by Gasteiger charge is 2.36. The van der Waals surface area contributed by atoms with Gasteiger partial charge in [0.1, 0.15) is 11.5 Å². The average Bonchev–Trinajstić information content (AvgIpc) is 3.16. The third-order valence-corrected chi connectivity index (χ3v) is 5.70. The van der Waals surface area contributed by atoms with Crippen LogP contribution in [-0.4, -0.2) is 36.1 Å². The summed E-state index contributed by atoms with van der Waals surface area (Å²) < 4.78 is 12.0. The molecule has 1 heterocycles. The number of fused-ring (bicyclic) bond motifs is 2. The predicted octanol–water partition coefficient (Wildman–Crippen LogP) is 4.06. The zero-order valence-corrected chi connectivity index (χ0v) is 19.3. The number of ether oxygens (including phenoxy) is 2. The molecule has 0 radical (unpaired) electrons. The van der Waals surface area contributed by atoms with Gasteiger partial charge in [-0.05, 0) is 31.5 Å². The predicted molar refractivity (Wildman–Crippen MR) is 127 cm³/mol. The van der Waals surface area contributed by atoms with Crippen LogP contribution in [0.4, 0.5) is 5.69 Å². The number of carboxylic acid groups (broad SMARTS) is 1. The van der Waals surface area contributed by atoms with E-state index in [-0.39, 0.29) is 5.91 Å². The van der Waals surface area contributed by atoms with Gasteiger partial charge in [0.15, 0.2) is 6.04 Å². The maximum Gasteiger partial charge on any atom is 0.330 e. The van der Waals surface area contributed by atoms with Crippen LogP contribution in [0.25, 0.3) is 10.8 Å². The number of hydrogen-bond acceptors (Lipinski definition) is 5. The molecule has 3 aromatic rings. The van der Waals surface area contributed by atoms with E-state index in [2.05, 4.69) is 5.32 Å². The summed E-state index contributed by atoms with van der Waals surface area (Å²) in [5, 5.41) is 13.6. The van der Waals surface area contributed by atoms with Crippen LogP contribution in [0.1, 0.15) is 48.3 Å². The second-order valence-corrected chi connectivity index (χ2v) is 7.88. The summed E-state index contributed by atoms with van der Waals surface area (Å²) >= 11 is 0. The van der Waals surface area contributed by atoms with Crippen molar-refractivity contribution in [2.45, 2.75) is 33.4 Å². The summed E-state index contributed by atoms with van der Waals surface area (Å²) in [6, 6.07) is 13.1. The molecule has 0 aromatic heterocycles. The minimum atomic E-state index is -1.17. The fraction of sp³-hybridized carbons (Fsp3) is 0.269. The number of carbonyl (C=O) groups excluding carboxylic acids is 2. The monoisotopic (exact) mass is 462 g/mol. The van der Waals surface area contributed by atoms with Crippen LogP contribution in [0.2, 0.25) is 0 Å². The van der Waals surface area contributed by atoms with E-state index in [1.54, 1.807) is 29.2 Å². The Balaban J connectivity index is 1.77. The molecular weight excluding hydrogens is 436 g/mol. The summed E-state index contributed by atoms with van der Waals surface area (Å²) in [5.74, 6) is -0.616. The molecule has 0 bridgehead atoms. The molecule has 34 heavy (non-hydrogen) atoms. The number of amides is 2. The Morgan fingerprint density at radius 1 is 1.00 bits per heavy atom. The fourth-order valence-electron chi connectivity index (χ4n) is 4.32. The van der Waals surface area contributed by atoms with Crippen molar-refractivity contribution >= 4 is 34.2 Å². The lowest BCUT2D eigenvalue weighted by atomic mass is 9.99. The summed E-state index contributed by atoms with van der Waals surface area (Å²) in [6.45, 7) is 6.20. The van der Waals surface area contributed by atoms with Gasteiger partial charge in [0.25, 0.3) is 5.91 Å². The third kappa shape index (κ3) is 4.03. The molecule has 1 unspecified atom stereocenters. The van der Waals surface area contributed by atoms with E-state index in [4.69, 9.17) is 9.47 Å². The Morgan fingerprint density at radius 2 is 1.59 bits per heavy atom. The zero-order valence-electron chi connectivity index (χ0n) is 19.3. The molecule has 2 N–H and O–H groups in total. The maximum atomic E-state index is 13.6. The van der Waals surface area contributed by atoms with Crippen LogP contribution in [0.5, 0.6) is 11.5 Å². The van der Waals surface area contributed by atoms with Gasteiger partial charge in [0.05, 0.1) is 25.3 Å². The number of carbonyl (C=O) groups is 3. The molecule has 0 fully saturated rings. The molecule has 0 spiro atoms. The van der Waals surface area contributed by atoms with Crippen molar-refractivity contribution in [3.63, 3.8) is 0 Å². The number of benzene rings is 3. The van der Waals surface area contributed by atoms with Crippen molar-refractivity contribution in [3.05, 3.63) is 65.2 Å². The van der Waals surface area contributed by atoms with Gasteiger partial charge < -0.3 is 24.8 Å². The van der Waals surface area contributed by atoms with Crippen LogP contribution in [-0.2, 0) is 16.1 Å². The molecular formula is C26H26N2O6. The number of hydrogen-bond donors (Lipinski definition) is 2.